The van der Waals surface area contributed by atoms with E-state index in [-0.39, 0.29) is 16.7 Å². The molecular formula is C16H22N2O3S. The number of carbonyl (C=O) groups is 1. The lowest BCUT2D eigenvalue weighted by Crippen LogP contribution is -2.42. The molecule has 1 fully saturated rings. The van der Waals surface area contributed by atoms with Gasteiger partial charge in [-0.2, -0.15) is 4.31 Å². The summed E-state index contributed by atoms with van der Waals surface area (Å²) in [5.74, 6) is 0.361. The highest BCUT2D eigenvalue weighted by molar-refractivity contribution is 7.89. The zero-order valence-corrected chi connectivity index (χ0v) is 14.0. The molecule has 3 rings (SSSR count). The van der Waals surface area contributed by atoms with Crippen LogP contribution in [0.25, 0.3) is 0 Å². The molecule has 0 aromatic heterocycles. The summed E-state index contributed by atoms with van der Waals surface area (Å²) in [6.45, 7) is 7.10. The van der Waals surface area contributed by atoms with Crippen molar-refractivity contribution in [3.05, 3.63) is 23.8 Å². The van der Waals surface area contributed by atoms with Gasteiger partial charge in [0.15, 0.2) is 0 Å². The van der Waals surface area contributed by atoms with Gasteiger partial charge in [-0.3, -0.25) is 4.79 Å². The van der Waals surface area contributed by atoms with Crippen LogP contribution in [0.5, 0.6) is 0 Å². The minimum absolute atomic E-state index is 0.0789. The Kier molecular flexibility index (Phi) is 3.77. The van der Waals surface area contributed by atoms with Crippen LogP contribution in [0.3, 0.4) is 0 Å². The van der Waals surface area contributed by atoms with E-state index in [0.717, 1.165) is 17.7 Å². The summed E-state index contributed by atoms with van der Waals surface area (Å²) in [7, 11) is -3.50. The van der Waals surface area contributed by atoms with E-state index in [9.17, 15) is 13.2 Å². The van der Waals surface area contributed by atoms with Crippen molar-refractivity contribution in [2.75, 3.05) is 18.4 Å². The summed E-state index contributed by atoms with van der Waals surface area (Å²) in [4.78, 5) is 12.0. The van der Waals surface area contributed by atoms with Gasteiger partial charge in [-0.25, -0.2) is 8.42 Å². The number of fused-ring (bicyclic) bond motifs is 1. The lowest BCUT2D eigenvalue weighted by Gasteiger charge is -2.34. The van der Waals surface area contributed by atoms with E-state index in [1.807, 2.05) is 0 Å². The fourth-order valence-electron chi connectivity index (χ4n) is 3.51. The Balaban J connectivity index is 1.95. The third-order valence-corrected chi connectivity index (χ3v) is 6.44. The Morgan fingerprint density at radius 1 is 1.14 bits per heavy atom. The highest BCUT2D eigenvalue weighted by Gasteiger charge is 2.34. The molecule has 120 valence electrons. The van der Waals surface area contributed by atoms with E-state index in [1.165, 1.54) is 0 Å². The van der Waals surface area contributed by atoms with E-state index < -0.39 is 10.0 Å². The molecule has 2 aliphatic rings. The maximum absolute atomic E-state index is 12.9. The first-order valence-electron chi connectivity index (χ1n) is 7.74. The largest absolute Gasteiger partial charge is 0.325 e. The third-order valence-electron chi connectivity index (χ3n) is 4.61. The van der Waals surface area contributed by atoms with Crippen molar-refractivity contribution in [3.63, 3.8) is 0 Å². The smallest absolute Gasteiger partial charge is 0.243 e. The van der Waals surface area contributed by atoms with Crippen LogP contribution in [-0.4, -0.2) is 31.7 Å². The number of piperidine rings is 1. The molecule has 0 radical (unpaired) electrons. The fraction of sp³-hybridized carbons (Fsp3) is 0.562. The number of amides is 1. The number of hydrogen-bond acceptors (Lipinski definition) is 3. The molecule has 2 heterocycles. The Hall–Kier alpha value is -1.40. The molecule has 0 bridgehead atoms. The zero-order chi connectivity index (χ0) is 16.1. The second-order valence-corrected chi connectivity index (χ2v) is 8.67. The highest BCUT2D eigenvalue weighted by Crippen LogP contribution is 2.35. The molecule has 1 saturated heterocycles. The molecule has 1 N–H and O–H groups in total. The average Bonchev–Trinajstić information content (AvgIpc) is 2.73. The Morgan fingerprint density at radius 2 is 1.77 bits per heavy atom. The lowest BCUT2D eigenvalue weighted by molar-refractivity contribution is -0.116. The summed E-state index contributed by atoms with van der Waals surface area (Å²) < 4.78 is 27.4. The monoisotopic (exact) mass is 322 g/mol. The van der Waals surface area contributed by atoms with Crippen molar-refractivity contribution in [1.82, 2.24) is 4.31 Å². The minimum Gasteiger partial charge on any atom is -0.325 e. The van der Waals surface area contributed by atoms with Crippen molar-refractivity contribution in [3.8, 4) is 0 Å². The number of nitrogens with zero attached hydrogens (tertiary/aromatic N) is 1. The summed E-state index contributed by atoms with van der Waals surface area (Å²) in [6, 6.07) is 4.94. The molecule has 1 amide bonds. The zero-order valence-electron chi connectivity index (χ0n) is 13.2. The van der Waals surface area contributed by atoms with Crippen LogP contribution in [0.4, 0.5) is 5.69 Å². The number of benzene rings is 1. The average molecular weight is 322 g/mol. The Labute approximate surface area is 131 Å². The second-order valence-electron chi connectivity index (χ2n) is 6.73. The Bertz CT molecular complexity index is 704. The first-order valence-corrected chi connectivity index (χ1v) is 9.18. The molecule has 6 heteroatoms. The van der Waals surface area contributed by atoms with Crippen LogP contribution < -0.4 is 5.32 Å². The van der Waals surface area contributed by atoms with Crippen molar-refractivity contribution < 1.29 is 13.2 Å². The number of nitrogens with one attached hydrogen (secondary N) is 1. The van der Waals surface area contributed by atoms with Crippen LogP contribution in [-0.2, 0) is 14.8 Å². The van der Waals surface area contributed by atoms with Gasteiger partial charge >= 0.3 is 0 Å². The second kappa shape index (κ2) is 5.35. The SMILES string of the molecule is C[C@@H]1C[C@@H](C)CN(S(=O)(=O)c2ccc3c(c2)[C@H](C)C(=O)N3)C1. The summed E-state index contributed by atoms with van der Waals surface area (Å²) >= 11 is 0. The van der Waals surface area contributed by atoms with Gasteiger partial charge in [0.25, 0.3) is 0 Å². The van der Waals surface area contributed by atoms with Gasteiger partial charge in [-0.1, -0.05) is 13.8 Å². The number of sulfonamides is 1. The van der Waals surface area contributed by atoms with Gasteiger partial charge in [-0.05, 0) is 48.9 Å². The van der Waals surface area contributed by atoms with Crippen LogP contribution in [0.15, 0.2) is 23.1 Å². The van der Waals surface area contributed by atoms with E-state index in [4.69, 9.17) is 0 Å². The molecule has 3 atom stereocenters. The quantitative estimate of drug-likeness (QED) is 0.909. The molecule has 1 aromatic rings. The number of rotatable bonds is 2. The fourth-order valence-corrected chi connectivity index (χ4v) is 5.22. The van der Waals surface area contributed by atoms with Crippen LogP contribution in [0, 0.1) is 11.8 Å². The van der Waals surface area contributed by atoms with Crippen molar-refractivity contribution >= 4 is 21.6 Å². The standard InChI is InChI=1S/C16H22N2O3S/c1-10-6-11(2)9-18(8-10)22(20,21)13-4-5-15-14(7-13)12(3)16(19)17-15/h4-5,7,10-12H,6,8-9H2,1-3H3,(H,17,19)/t10-,11-,12+/m1/s1. The van der Waals surface area contributed by atoms with Crippen molar-refractivity contribution in [2.24, 2.45) is 11.8 Å². The summed E-state index contributed by atoms with van der Waals surface area (Å²) in [5, 5.41) is 2.77. The maximum Gasteiger partial charge on any atom is 0.243 e. The number of hydrogen-bond donors (Lipinski definition) is 1. The van der Waals surface area contributed by atoms with E-state index >= 15 is 0 Å². The normalized spacial score (nSPS) is 29.2. The molecule has 0 aliphatic carbocycles. The van der Waals surface area contributed by atoms with E-state index in [2.05, 4.69) is 19.2 Å². The van der Waals surface area contributed by atoms with E-state index in [1.54, 1.807) is 29.4 Å². The van der Waals surface area contributed by atoms with Gasteiger partial charge in [0, 0.05) is 18.8 Å². The van der Waals surface area contributed by atoms with Crippen molar-refractivity contribution in [1.29, 1.82) is 0 Å². The van der Waals surface area contributed by atoms with E-state index in [0.29, 0.717) is 24.9 Å². The molecule has 22 heavy (non-hydrogen) atoms. The molecule has 0 saturated carbocycles. The molecule has 0 unspecified atom stereocenters. The molecular weight excluding hydrogens is 300 g/mol. The van der Waals surface area contributed by atoms with Gasteiger partial charge < -0.3 is 5.32 Å². The summed E-state index contributed by atoms with van der Waals surface area (Å²) in [5.41, 5.74) is 1.49. The first-order chi connectivity index (χ1) is 10.3. The molecule has 1 aromatic carbocycles. The van der Waals surface area contributed by atoms with Crippen LogP contribution >= 0.6 is 0 Å². The van der Waals surface area contributed by atoms with Crippen molar-refractivity contribution in [2.45, 2.75) is 38.0 Å². The Morgan fingerprint density at radius 3 is 2.41 bits per heavy atom. The third kappa shape index (κ3) is 2.54. The maximum atomic E-state index is 12.9. The van der Waals surface area contributed by atoms with Gasteiger partial charge in [-0.15, -0.1) is 0 Å². The lowest BCUT2D eigenvalue weighted by atomic mass is 9.94. The molecule has 2 aliphatic heterocycles. The van der Waals surface area contributed by atoms with Crippen LogP contribution in [0.2, 0.25) is 0 Å². The topological polar surface area (TPSA) is 66.5 Å². The van der Waals surface area contributed by atoms with Gasteiger partial charge in [0.1, 0.15) is 0 Å². The first kappa shape index (κ1) is 15.5. The van der Waals surface area contributed by atoms with Gasteiger partial charge in [0.05, 0.1) is 10.8 Å². The molecule has 0 spiro atoms. The van der Waals surface area contributed by atoms with Crippen LogP contribution in [0.1, 0.15) is 38.7 Å². The van der Waals surface area contributed by atoms with Gasteiger partial charge in [0.2, 0.25) is 15.9 Å². The summed E-state index contributed by atoms with van der Waals surface area (Å²) in [6.07, 6.45) is 1.06. The highest BCUT2D eigenvalue weighted by atomic mass is 32.2. The number of anilines is 1. The minimum atomic E-state index is -3.50. The predicted octanol–water partition coefficient (Wildman–Crippen LogP) is 2.41. The molecule has 5 nitrogen and oxygen atoms in total. The predicted molar refractivity (Wildman–Crippen MR) is 85.2 cm³/mol. The number of carbonyl (C=O) groups excluding carboxylic acids is 1.